The summed E-state index contributed by atoms with van der Waals surface area (Å²) >= 11 is 0. The molecule has 0 spiro atoms. The van der Waals surface area contributed by atoms with E-state index in [-0.39, 0.29) is 0 Å². The molecule has 6 N–H and O–H groups in total. The molecular formula is C20H53N3O9Si4. The van der Waals surface area contributed by atoms with Gasteiger partial charge in [0.15, 0.2) is 0 Å². The van der Waals surface area contributed by atoms with Gasteiger partial charge in [-0.3, -0.25) is 0 Å². The lowest BCUT2D eigenvalue weighted by molar-refractivity contribution is 0.0412. The van der Waals surface area contributed by atoms with Crippen LogP contribution in [-0.2, 0) is 38.9 Å². The van der Waals surface area contributed by atoms with Gasteiger partial charge in [-0.15, -0.1) is 0 Å². The number of hydrogen-bond donors (Lipinski definition) is 3. The summed E-state index contributed by atoms with van der Waals surface area (Å²) in [5.74, 6) is 0. The molecule has 0 aliphatic heterocycles. The van der Waals surface area contributed by atoms with Gasteiger partial charge in [-0.2, -0.15) is 0 Å². The zero-order valence-corrected chi connectivity index (χ0v) is 27.6. The summed E-state index contributed by atoms with van der Waals surface area (Å²) in [7, 11) is -10.3. The van der Waals surface area contributed by atoms with Crippen LogP contribution in [0.1, 0.15) is 47.0 Å². The van der Waals surface area contributed by atoms with E-state index in [1.54, 1.807) is 20.8 Å². The van der Waals surface area contributed by atoms with Gasteiger partial charge < -0.3 is 56.1 Å². The van der Waals surface area contributed by atoms with Crippen LogP contribution in [0.5, 0.6) is 0 Å². The second-order valence-electron chi connectivity index (χ2n) is 8.03. The Hall–Kier alpha value is 0.388. The van der Waals surface area contributed by atoms with Gasteiger partial charge in [-0.1, -0.05) is 0 Å². The molecule has 0 bridgehead atoms. The Kier molecular flexibility index (Phi) is 19.7. The van der Waals surface area contributed by atoms with E-state index in [4.69, 9.17) is 56.1 Å². The van der Waals surface area contributed by atoms with Crippen molar-refractivity contribution in [2.75, 3.05) is 60.3 Å². The molecule has 16 heteroatoms. The summed E-state index contributed by atoms with van der Waals surface area (Å²) in [4.78, 5) is 0. The van der Waals surface area contributed by atoms with Crippen molar-refractivity contribution in [3.63, 3.8) is 0 Å². The Morgan fingerprint density at radius 3 is 1.14 bits per heavy atom. The third-order valence-corrected chi connectivity index (χ3v) is 20.2. The van der Waals surface area contributed by atoms with Crippen molar-refractivity contribution in [3.05, 3.63) is 0 Å². The van der Waals surface area contributed by atoms with Crippen molar-refractivity contribution in [1.29, 1.82) is 0 Å². The van der Waals surface area contributed by atoms with Crippen molar-refractivity contribution < 1.29 is 38.9 Å². The normalized spacial score (nSPS) is 16.2. The lowest BCUT2D eigenvalue weighted by atomic mass is 10.5. The van der Waals surface area contributed by atoms with E-state index in [9.17, 15) is 0 Å². The molecule has 2 unspecified atom stereocenters. The van der Waals surface area contributed by atoms with E-state index in [0.717, 1.165) is 0 Å². The van der Waals surface area contributed by atoms with Crippen molar-refractivity contribution >= 4 is 35.2 Å². The molecule has 0 amide bonds. The maximum atomic E-state index is 6.93. The monoisotopic (exact) mass is 591 g/mol. The highest BCUT2D eigenvalue weighted by atomic mass is 28.5. The molecule has 0 radical (unpaired) electrons. The molecule has 0 aromatic rings. The van der Waals surface area contributed by atoms with Crippen LogP contribution >= 0.6 is 0 Å². The molecule has 0 saturated heterocycles. The highest BCUT2D eigenvalue weighted by Crippen LogP contribution is 2.34. The summed E-state index contributed by atoms with van der Waals surface area (Å²) in [5.41, 5.74) is 17.7. The van der Waals surface area contributed by atoms with Crippen molar-refractivity contribution in [1.82, 2.24) is 0 Å². The van der Waals surface area contributed by atoms with E-state index >= 15 is 0 Å². The second-order valence-corrected chi connectivity index (χ2v) is 19.8. The van der Waals surface area contributed by atoms with Crippen LogP contribution in [0, 0.1) is 0 Å². The Morgan fingerprint density at radius 2 is 0.806 bits per heavy atom. The van der Waals surface area contributed by atoms with Crippen LogP contribution in [0.3, 0.4) is 0 Å². The van der Waals surface area contributed by atoms with Gasteiger partial charge in [0.2, 0.25) is 0 Å². The fourth-order valence-corrected chi connectivity index (χ4v) is 19.3. The molecule has 0 rings (SSSR count). The van der Waals surface area contributed by atoms with Gasteiger partial charge in [0.25, 0.3) is 0 Å². The smallest absolute Gasteiger partial charge is 0.377 e. The molecule has 0 aliphatic rings. The van der Waals surface area contributed by atoms with Crippen molar-refractivity contribution in [2.45, 2.75) is 71.6 Å². The second kappa shape index (κ2) is 19.4. The van der Waals surface area contributed by atoms with Crippen LogP contribution in [0.4, 0.5) is 0 Å². The molecular weight excluding hydrogens is 539 g/mol. The summed E-state index contributed by atoms with van der Waals surface area (Å²) in [5, 5.41) is 0. The standard InChI is InChI=1S/C20H53N3O9Si4/c1-8-26-34(27-9-2,18-12-15-21)31-36(29-11-4,20-14-17-23)32-35(28-10-3,19-13-16-22)30-33(7,24-5)25-6/h8-23H2,1-7H3. The Bertz CT molecular complexity index is 553. The van der Waals surface area contributed by atoms with Crippen molar-refractivity contribution in [3.8, 4) is 0 Å². The molecule has 36 heavy (non-hydrogen) atoms. The minimum Gasteiger partial charge on any atom is -0.377 e. The highest BCUT2D eigenvalue weighted by molar-refractivity contribution is 6.83. The fraction of sp³-hybridized carbons (Fsp3) is 1.00. The first-order valence-corrected chi connectivity index (χ1v) is 21.1. The number of rotatable bonds is 25. The molecule has 0 fully saturated rings. The van der Waals surface area contributed by atoms with Gasteiger partial charge in [0, 0.05) is 65.3 Å². The SMILES string of the molecule is CCO[Si](CCCN)(OCC)O[Si](CCCN)(OCC)O[Si](CCCN)(OCC)O[Si](C)(OC)OC. The summed E-state index contributed by atoms with van der Waals surface area (Å²) < 4.78 is 56.8. The fourth-order valence-electron chi connectivity index (χ4n) is 3.56. The van der Waals surface area contributed by atoms with Crippen LogP contribution in [-0.4, -0.2) is 95.5 Å². The number of nitrogens with two attached hydrogens (primary N) is 3. The molecule has 0 aromatic heterocycles. The summed E-state index contributed by atoms with van der Waals surface area (Å²) in [6.07, 6.45) is 1.91. The average molecular weight is 592 g/mol. The van der Waals surface area contributed by atoms with Gasteiger partial charge in [-0.25, -0.2) is 0 Å². The molecule has 2 atom stereocenters. The zero-order valence-electron chi connectivity index (χ0n) is 23.6. The van der Waals surface area contributed by atoms with E-state index in [2.05, 4.69) is 0 Å². The van der Waals surface area contributed by atoms with E-state index in [0.29, 0.717) is 83.5 Å². The van der Waals surface area contributed by atoms with E-state index in [1.807, 2.05) is 27.7 Å². The molecule has 0 aromatic carbocycles. The van der Waals surface area contributed by atoms with Crippen LogP contribution in [0.15, 0.2) is 0 Å². The van der Waals surface area contributed by atoms with Crippen LogP contribution in [0.2, 0.25) is 24.7 Å². The first-order chi connectivity index (χ1) is 17.2. The summed E-state index contributed by atoms with van der Waals surface area (Å²) in [6, 6.07) is 1.43. The molecule has 12 nitrogen and oxygen atoms in total. The third-order valence-electron chi connectivity index (χ3n) is 5.22. The largest absolute Gasteiger partial charge is 0.493 e. The van der Waals surface area contributed by atoms with Crippen LogP contribution < -0.4 is 17.2 Å². The Morgan fingerprint density at radius 1 is 0.500 bits per heavy atom. The maximum absolute atomic E-state index is 6.93. The molecule has 0 saturated carbocycles. The topological polar surface area (TPSA) is 161 Å². The number of hydrogen-bond acceptors (Lipinski definition) is 12. The quantitative estimate of drug-likeness (QED) is 0.132. The minimum absolute atomic E-state index is 0.354. The predicted molar refractivity (Wildman–Crippen MR) is 148 cm³/mol. The van der Waals surface area contributed by atoms with E-state index in [1.165, 1.54) is 0 Å². The van der Waals surface area contributed by atoms with Gasteiger partial charge in [-0.05, 0) is 66.6 Å². The first-order valence-electron chi connectivity index (χ1n) is 13.0. The van der Waals surface area contributed by atoms with E-state index < -0.39 is 35.2 Å². The average Bonchev–Trinajstić information content (AvgIpc) is 2.85. The summed E-state index contributed by atoms with van der Waals surface area (Å²) in [6.45, 7) is 12.3. The minimum atomic E-state index is -3.55. The zero-order chi connectivity index (χ0) is 27.6. The third kappa shape index (κ3) is 12.5. The lowest BCUT2D eigenvalue weighted by Crippen LogP contribution is -2.66. The predicted octanol–water partition coefficient (Wildman–Crippen LogP) is 1.91. The first kappa shape index (κ1) is 36.4. The van der Waals surface area contributed by atoms with Crippen molar-refractivity contribution in [2.24, 2.45) is 17.2 Å². The Labute approximate surface area is 223 Å². The highest BCUT2D eigenvalue weighted by Gasteiger charge is 2.60. The van der Waals surface area contributed by atoms with Crippen LogP contribution in [0.25, 0.3) is 0 Å². The maximum Gasteiger partial charge on any atom is 0.493 e. The van der Waals surface area contributed by atoms with Gasteiger partial charge >= 0.3 is 35.2 Å². The Balaban J connectivity index is 6.75. The molecule has 0 aliphatic carbocycles. The van der Waals surface area contributed by atoms with Gasteiger partial charge in [0.05, 0.1) is 0 Å². The lowest BCUT2D eigenvalue weighted by Gasteiger charge is -2.44. The van der Waals surface area contributed by atoms with Gasteiger partial charge in [0.1, 0.15) is 0 Å². The molecule has 218 valence electrons. The molecule has 0 heterocycles.